The van der Waals surface area contributed by atoms with Crippen molar-refractivity contribution < 1.29 is 9.59 Å². The van der Waals surface area contributed by atoms with Gasteiger partial charge in [-0.25, -0.2) is 0 Å². The third-order valence-corrected chi connectivity index (χ3v) is 4.57. The molecule has 6 heteroatoms. The molecule has 4 nitrogen and oxygen atoms in total. The molecule has 0 bridgehead atoms. The van der Waals surface area contributed by atoms with E-state index in [1.807, 2.05) is 18.2 Å². The van der Waals surface area contributed by atoms with Gasteiger partial charge in [0.15, 0.2) is 0 Å². The average molecular weight is 349 g/mol. The molecule has 118 valence electrons. The van der Waals surface area contributed by atoms with E-state index < -0.39 is 5.92 Å². The fraction of sp³-hybridized carbons (Fsp3) is 0.176. The van der Waals surface area contributed by atoms with E-state index in [-0.39, 0.29) is 24.8 Å². The maximum atomic E-state index is 12.3. The molecule has 2 aromatic rings. The van der Waals surface area contributed by atoms with Gasteiger partial charge in [-0.05, 0) is 24.3 Å². The Morgan fingerprint density at radius 3 is 2.57 bits per heavy atom. The molecule has 1 fully saturated rings. The second kappa shape index (κ2) is 6.60. The summed E-state index contributed by atoms with van der Waals surface area (Å²) in [5.41, 5.74) is 1.25. The molecule has 1 unspecified atom stereocenters. The highest BCUT2D eigenvalue weighted by molar-refractivity contribution is 6.44. The Labute approximate surface area is 144 Å². The number of benzene rings is 2. The Morgan fingerprint density at radius 1 is 1.09 bits per heavy atom. The van der Waals surface area contributed by atoms with Gasteiger partial charge < -0.3 is 10.2 Å². The van der Waals surface area contributed by atoms with E-state index in [1.54, 1.807) is 30.3 Å². The number of halogens is 2. The highest BCUT2D eigenvalue weighted by Gasteiger charge is 2.36. The van der Waals surface area contributed by atoms with Crippen LogP contribution in [0.4, 0.5) is 11.4 Å². The van der Waals surface area contributed by atoms with E-state index in [9.17, 15) is 9.59 Å². The van der Waals surface area contributed by atoms with Crippen LogP contribution in [0.3, 0.4) is 0 Å². The lowest BCUT2D eigenvalue weighted by Gasteiger charge is -2.18. The largest absolute Gasteiger partial charge is 0.326 e. The van der Waals surface area contributed by atoms with Crippen molar-refractivity contribution in [2.75, 3.05) is 16.8 Å². The fourth-order valence-corrected chi connectivity index (χ4v) is 2.98. The molecular weight excluding hydrogens is 335 g/mol. The lowest BCUT2D eigenvalue weighted by molar-refractivity contribution is -0.122. The molecule has 0 spiro atoms. The molecule has 0 saturated carbocycles. The Bertz CT molecular complexity index is 750. The summed E-state index contributed by atoms with van der Waals surface area (Å²) in [6.45, 7) is 0.289. The Balaban J connectivity index is 1.75. The van der Waals surface area contributed by atoms with Crippen LogP contribution in [-0.2, 0) is 9.59 Å². The first-order chi connectivity index (χ1) is 11.1. The predicted octanol–water partition coefficient (Wildman–Crippen LogP) is 3.99. The lowest BCUT2D eigenvalue weighted by atomic mass is 10.1. The molecule has 0 aromatic heterocycles. The summed E-state index contributed by atoms with van der Waals surface area (Å²) >= 11 is 12.2. The first-order valence-corrected chi connectivity index (χ1v) is 7.92. The molecule has 2 aromatic carbocycles. The van der Waals surface area contributed by atoms with E-state index in [1.165, 1.54) is 4.90 Å². The monoisotopic (exact) mass is 348 g/mol. The van der Waals surface area contributed by atoms with Gasteiger partial charge in [-0.3, -0.25) is 9.59 Å². The number of rotatable bonds is 3. The van der Waals surface area contributed by atoms with Gasteiger partial charge in [0.25, 0.3) is 0 Å². The number of nitrogens with zero attached hydrogens (tertiary/aromatic N) is 1. The number of nitrogens with one attached hydrogen (secondary N) is 1. The number of amides is 2. The second-order valence-electron chi connectivity index (χ2n) is 5.33. The normalized spacial score (nSPS) is 17.4. The van der Waals surface area contributed by atoms with Crippen molar-refractivity contribution in [1.29, 1.82) is 0 Å². The van der Waals surface area contributed by atoms with E-state index in [0.29, 0.717) is 21.4 Å². The summed E-state index contributed by atoms with van der Waals surface area (Å²) in [4.78, 5) is 26.1. The molecule has 0 aliphatic carbocycles. The maximum Gasteiger partial charge on any atom is 0.229 e. The smallest absolute Gasteiger partial charge is 0.229 e. The zero-order valence-electron chi connectivity index (χ0n) is 12.1. The van der Waals surface area contributed by atoms with E-state index in [0.717, 1.165) is 0 Å². The van der Waals surface area contributed by atoms with Crippen molar-refractivity contribution in [1.82, 2.24) is 0 Å². The Kier molecular flexibility index (Phi) is 4.55. The first-order valence-electron chi connectivity index (χ1n) is 7.16. The topological polar surface area (TPSA) is 49.4 Å². The van der Waals surface area contributed by atoms with Gasteiger partial charge in [0, 0.05) is 18.7 Å². The number of carbonyl (C=O) groups is 2. The summed E-state index contributed by atoms with van der Waals surface area (Å²) in [6.07, 6.45) is 0.154. The second-order valence-corrected chi connectivity index (χ2v) is 6.12. The van der Waals surface area contributed by atoms with Crippen molar-refractivity contribution in [3.05, 3.63) is 58.6 Å². The zero-order chi connectivity index (χ0) is 16.4. The van der Waals surface area contributed by atoms with Crippen LogP contribution >= 0.6 is 23.2 Å². The van der Waals surface area contributed by atoms with Crippen LogP contribution in [0.15, 0.2) is 48.5 Å². The molecule has 2 amide bonds. The van der Waals surface area contributed by atoms with E-state index >= 15 is 0 Å². The van der Waals surface area contributed by atoms with Crippen molar-refractivity contribution in [3.8, 4) is 0 Å². The van der Waals surface area contributed by atoms with Gasteiger partial charge >= 0.3 is 0 Å². The summed E-state index contributed by atoms with van der Waals surface area (Å²) in [7, 11) is 0. The SMILES string of the molecule is O=C(Nc1ccccc1)C1CC(=O)N(c2cccc(Cl)c2Cl)C1. The summed E-state index contributed by atoms with van der Waals surface area (Å²) in [5.74, 6) is -0.731. The van der Waals surface area contributed by atoms with Crippen LogP contribution in [0.5, 0.6) is 0 Å². The fourth-order valence-electron chi connectivity index (χ4n) is 2.58. The van der Waals surface area contributed by atoms with Crippen LogP contribution in [0.1, 0.15) is 6.42 Å². The van der Waals surface area contributed by atoms with Gasteiger partial charge in [-0.1, -0.05) is 47.5 Å². The number of hydrogen-bond donors (Lipinski definition) is 1. The third kappa shape index (κ3) is 3.33. The molecule has 1 aliphatic heterocycles. The summed E-state index contributed by atoms with van der Waals surface area (Å²) < 4.78 is 0. The highest BCUT2D eigenvalue weighted by Crippen LogP contribution is 2.35. The first kappa shape index (κ1) is 15.8. The van der Waals surface area contributed by atoms with Gasteiger partial charge in [0.2, 0.25) is 11.8 Å². The van der Waals surface area contributed by atoms with Crippen LogP contribution in [0.25, 0.3) is 0 Å². The minimum absolute atomic E-state index is 0.137. The van der Waals surface area contributed by atoms with Crippen LogP contribution in [0, 0.1) is 5.92 Å². The number of anilines is 2. The molecule has 1 aliphatic rings. The number of para-hydroxylation sites is 1. The Morgan fingerprint density at radius 2 is 1.83 bits per heavy atom. The summed E-state index contributed by atoms with van der Waals surface area (Å²) in [6, 6.07) is 14.3. The molecule has 0 radical (unpaired) electrons. The van der Waals surface area contributed by atoms with E-state index in [2.05, 4.69) is 5.32 Å². The predicted molar refractivity (Wildman–Crippen MR) is 92.0 cm³/mol. The van der Waals surface area contributed by atoms with Crippen LogP contribution in [-0.4, -0.2) is 18.4 Å². The van der Waals surface area contributed by atoms with Gasteiger partial charge in [0.05, 0.1) is 21.7 Å². The minimum atomic E-state index is -0.419. The molecule has 23 heavy (non-hydrogen) atoms. The van der Waals surface area contributed by atoms with Gasteiger partial charge in [-0.15, -0.1) is 0 Å². The standard InChI is InChI=1S/C17H14Cl2N2O2/c18-13-7-4-8-14(16(13)19)21-10-11(9-15(21)22)17(23)20-12-5-2-1-3-6-12/h1-8,11H,9-10H2,(H,20,23). The maximum absolute atomic E-state index is 12.3. The quantitative estimate of drug-likeness (QED) is 0.911. The van der Waals surface area contributed by atoms with Crippen molar-refractivity contribution >= 4 is 46.4 Å². The Hall–Kier alpha value is -2.04. The van der Waals surface area contributed by atoms with Gasteiger partial charge in [0.1, 0.15) is 0 Å². The lowest BCUT2D eigenvalue weighted by Crippen LogP contribution is -2.28. The third-order valence-electron chi connectivity index (χ3n) is 3.76. The van der Waals surface area contributed by atoms with Crippen molar-refractivity contribution in [2.45, 2.75) is 6.42 Å². The zero-order valence-corrected chi connectivity index (χ0v) is 13.6. The summed E-state index contributed by atoms with van der Waals surface area (Å²) in [5, 5.41) is 3.53. The van der Waals surface area contributed by atoms with Gasteiger partial charge in [-0.2, -0.15) is 0 Å². The molecule has 1 saturated heterocycles. The molecule has 3 rings (SSSR count). The van der Waals surface area contributed by atoms with Crippen LogP contribution < -0.4 is 10.2 Å². The molecular formula is C17H14Cl2N2O2. The molecule has 1 N–H and O–H groups in total. The van der Waals surface area contributed by atoms with Crippen molar-refractivity contribution in [3.63, 3.8) is 0 Å². The molecule has 1 atom stereocenters. The average Bonchev–Trinajstić information content (AvgIpc) is 2.93. The number of carbonyl (C=O) groups excluding carboxylic acids is 2. The highest BCUT2D eigenvalue weighted by atomic mass is 35.5. The van der Waals surface area contributed by atoms with Crippen molar-refractivity contribution in [2.24, 2.45) is 5.92 Å². The van der Waals surface area contributed by atoms with E-state index in [4.69, 9.17) is 23.2 Å². The molecule has 1 heterocycles. The minimum Gasteiger partial charge on any atom is -0.326 e. The van der Waals surface area contributed by atoms with Crippen LogP contribution in [0.2, 0.25) is 10.0 Å². The number of hydrogen-bond acceptors (Lipinski definition) is 2.